The van der Waals surface area contributed by atoms with Crippen molar-refractivity contribution < 1.29 is 23.1 Å². The molecule has 0 spiro atoms. The number of carbonyl (C=O) groups is 2. The molecule has 0 aliphatic carbocycles. The van der Waals surface area contributed by atoms with Crippen LogP contribution < -0.4 is 11.1 Å². The lowest BCUT2D eigenvalue weighted by Crippen LogP contribution is -2.49. The van der Waals surface area contributed by atoms with Gasteiger partial charge in [0, 0.05) is 30.7 Å². The first-order valence-corrected chi connectivity index (χ1v) is 7.78. The molecule has 1 aliphatic heterocycles. The molecule has 1 fully saturated rings. The highest BCUT2D eigenvalue weighted by Gasteiger charge is 2.39. The highest BCUT2D eigenvalue weighted by molar-refractivity contribution is 5.99. The summed E-state index contributed by atoms with van der Waals surface area (Å²) in [4.78, 5) is 24.3. The Morgan fingerprint density at radius 3 is 2.67 bits per heavy atom. The molecule has 0 saturated carbocycles. The summed E-state index contributed by atoms with van der Waals surface area (Å²) < 4.78 is 24.4. The molecular formula is C17H19FN2O4. The van der Waals surface area contributed by atoms with Crippen molar-refractivity contribution in [2.45, 2.75) is 19.8 Å². The van der Waals surface area contributed by atoms with Gasteiger partial charge < -0.3 is 20.2 Å². The van der Waals surface area contributed by atoms with Gasteiger partial charge in [0.25, 0.3) is 5.91 Å². The second kappa shape index (κ2) is 6.24. The highest BCUT2D eigenvalue weighted by Crippen LogP contribution is 2.30. The monoisotopic (exact) mass is 334 g/mol. The van der Waals surface area contributed by atoms with Crippen molar-refractivity contribution in [2.24, 2.45) is 11.1 Å². The Kier molecular flexibility index (Phi) is 4.28. The standard InChI is InChI=1S/C17H19FN2O4/c1-10-11-3-2-4-12(18)14(11)24-13(10)15(21)20-9-17(16(19)22)5-7-23-8-6-17/h2-4H,5-9H2,1H3,(H2,19,22)(H,20,21). The van der Waals surface area contributed by atoms with Crippen LogP contribution in [0.1, 0.15) is 29.0 Å². The third-order valence-corrected chi connectivity index (χ3v) is 4.68. The lowest BCUT2D eigenvalue weighted by Gasteiger charge is -2.34. The Hall–Kier alpha value is -2.41. The molecule has 1 aromatic carbocycles. The third-order valence-electron chi connectivity index (χ3n) is 4.68. The van der Waals surface area contributed by atoms with E-state index in [4.69, 9.17) is 14.9 Å². The summed E-state index contributed by atoms with van der Waals surface area (Å²) in [6, 6.07) is 4.53. The quantitative estimate of drug-likeness (QED) is 0.893. The number of benzene rings is 1. The number of hydrogen-bond donors (Lipinski definition) is 2. The fourth-order valence-electron chi connectivity index (χ4n) is 3.03. The number of fused-ring (bicyclic) bond motifs is 1. The number of furan rings is 1. The predicted molar refractivity (Wildman–Crippen MR) is 84.9 cm³/mol. The molecule has 3 N–H and O–H groups in total. The molecule has 24 heavy (non-hydrogen) atoms. The number of nitrogens with one attached hydrogen (secondary N) is 1. The van der Waals surface area contributed by atoms with Gasteiger partial charge in [-0.15, -0.1) is 0 Å². The van der Waals surface area contributed by atoms with Crippen LogP contribution in [0.15, 0.2) is 22.6 Å². The average molecular weight is 334 g/mol. The van der Waals surface area contributed by atoms with Crippen LogP contribution in [0.3, 0.4) is 0 Å². The predicted octanol–water partition coefficient (Wildman–Crippen LogP) is 1.89. The van der Waals surface area contributed by atoms with Gasteiger partial charge in [-0.3, -0.25) is 9.59 Å². The summed E-state index contributed by atoms with van der Waals surface area (Å²) in [7, 11) is 0. The average Bonchev–Trinajstić information content (AvgIpc) is 2.92. The number of primary amides is 1. The van der Waals surface area contributed by atoms with E-state index in [0.29, 0.717) is 37.0 Å². The second-order valence-electron chi connectivity index (χ2n) is 6.11. The van der Waals surface area contributed by atoms with Crippen LogP contribution in [-0.2, 0) is 9.53 Å². The Labute approximate surface area is 138 Å². The van der Waals surface area contributed by atoms with Gasteiger partial charge in [0.1, 0.15) is 0 Å². The molecule has 2 heterocycles. The van der Waals surface area contributed by atoms with Gasteiger partial charge in [-0.1, -0.05) is 12.1 Å². The Morgan fingerprint density at radius 1 is 1.33 bits per heavy atom. The molecule has 0 bridgehead atoms. The van der Waals surface area contributed by atoms with E-state index in [1.54, 1.807) is 19.1 Å². The van der Waals surface area contributed by atoms with E-state index in [2.05, 4.69) is 5.32 Å². The number of nitrogens with two attached hydrogens (primary N) is 1. The number of rotatable bonds is 4. The smallest absolute Gasteiger partial charge is 0.287 e. The highest BCUT2D eigenvalue weighted by atomic mass is 19.1. The molecule has 1 aromatic heterocycles. The minimum atomic E-state index is -0.820. The molecule has 1 saturated heterocycles. The molecule has 7 heteroatoms. The molecule has 2 aromatic rings. The molecule has 1 aliphatic rings. The molecule has 128 valence electrons. The zero-order valence-corrected chi connectivity index (χ0v) is 13.4. The van der Waals surface area contributed by atoms with Crippen LogP contribution in [0, 0.1) is 18.2 Å². The van der Waals surface area contributed by atoms with Gasteiger partial charge in [-0.25, -0.2) is 4.39 Å². The lowest BCUT2D eigenvalue weighted by molar-refractivity contribution is -0.132. The number of aryl methyl sites for hydroxylation is 1. The second-order valence-corrected chi connectivity index (χ2v) is 6.11. The first-order chi connectivity index (χ1) is 11.4. The first-order valence-electron chi connectivity index (χ1n) is 7.78. The van der Waals surface area contributed by atoms with Crippen molar-refractivity contribution in [2.75, 3.05) is 19.8 Å². The molecule has 3 rings (SSSR count). The first kappa shape index (κ1) is 16.4. The molecule has 0 unspecified atom stereocenters. The largest absolute Gasteiger partial charge is 0.448 e. The summed E-state index contributed by atoms with van der Waals surface area (Å²) in [5, 5.41) is 3.25. The zero-order chi connectivity index (χ0) is 17.3. The Morgan fingerprint density at radius 2 is 2.04 bits per heavy atom. The minimum Gasteiger partial charge on any atom is -0.448 e. The maximum Gasteiger partial charge on any atom is 0.287 e. The number of amides is 2. The molecule has 0 atom stereocenters. The lowest BCUT2D eigenvalue weighted by atomic mass is 9.79. The van der Waals surface area contributed by atoms with E-state index < -0.39 is 23.0 Å². The molecule has 2 amide bonds. The van der Waals surface area contributed by atoms with Crippen molar-refractivity contribution in [3.05, 3.63) is 35.3 Å². The topological polar surface area (TPSA) is 94.6 Å². The van der Waals surface area contributed by atoms with Crippen molar-refractivity contribution in [1.82, 2.24) is 5.32 Å². The zero-order valence-electron chi connectivity index (χ0n) is 13.4. The maximum absolute atomic E-state index is 13.8. The van der Waals surface area contributed by atoms with Gasteiger partial charge in [0.2, 0.25) is 5.91 Å². The number of para-hydroxylation sites is 1. The van der Waals surface area contributed by atoms with Gasteiger partial charge in [0.15, 0.2) is 17.2 Å². The fraction of sp³-hybridized carbons (Fsp3) is 0.412. The van der Waals surface area contributed by atoms with Crippen LogP contribution in [0.2, 0.25) is 0 Å². The van der Waals surface area contributed by atoms with E-state index >= 15 is 0 Å². The maximum atomic E-state index is 13.8. The van der Waals surface area contributed by atoms with Crippen LogP contribution in [0.25, 0.3) is 11.0 Å². The molecule has 6 nitrogen and oxygen atoms in total. The van der Waals surface area contributed by atoms with Crippen molar-refractivity contribution in [3.8, 4) is 0 Å². The summed E-state index contributed by atoms with van der Waals surface area (Å²) >= 11 is 0. The van der Waals surface area contributed by atoms with E-state index in [0.717, 1.165) is 0 Å². The summed E-state index contributed by atoms with van der Waals surface area (Å²) in [5.74, 6) is -1.43. The Balaban J connectivity index is 1.81. The normalized spacial score (nSPS) is 16.9. The summed E-state index contributed by atoms with van der Waals surface area (Å²) in [6.45, 7) is 2.64. The van der Waals surface area contributed by atoms with Crippen LogP contribution in [0.5, 0.6) is 0 Å². The van der Waals surface area contributed by atoms with Crippen molar-refractivity contribution >= 4 is 22.8 Å². The van der Waals surface area contributed by atoms with Gasteiger partial charge in [-0.2, -0.15) is 0 Å². The number of halogens is 1. The van der Waals surface area contributed by atoms with Crippen LogP contribution in [0.4, 0.5) is 4.39 Å². The number of carbonyl (C=O) groups excluding carboxylic acids is 2. The van der Waals surface area contributed by atoms with Gasteiger partial charge in [-0.05, 0) is 25.8 Å². The summed E-state index contributed by atoms with van der Waals surface area (Å²) in [5.41, 5.74) is 5.31. The van der Waals surface area contributed by atoms with E-state index in [9.17, 15) is 14.0 Å². The van der Waals surface area contributed by atoms with Gasteiger partial charge >= 0.3 is 0 Å². The number of ether oxygens (including phenoxy) is 1. The van der Waals surface area contributed by atoms with E-state index in [-0.39, 0.29) is 17.9 Å². The molecular weight excluding hydrogens is 315 g/mol. The Bertz CT molecular complexity index is 793. The SMILES string of the molecule is Cc1c(C(=O)NCC2(C(N)=O)CCOCC2)oc2c(F)cccc12. The van der Waals surface area contributed by atoms with Gasteiger partial charge in [0.05, 0.1) is 5.41 Å². The van der Waals surface area contributed by atoms with Crippen LogP contribution in [-0.4, -0.2) is 31.6 Å². The molecule has 0 radical (unpaired) electrons. The van der Waals surface area contributed by atoms with E-state index in [1.165, 1.54) is 6.07 Å². The van der Waals surface area contributed by atoms with E-state index in [1.807, 2.05) is 0 Å². The van der Waals surface area contributed by atoms with Crippen molar-refractivity contribution in [3.63, 3.8) is 0 Å². The minimum absolute atomic E-state index is 0.0433. The summed E-state index contributed by atoms with van der Waals surface area (Å²) in [6.07, 6.45) is 0.909. The third kappa shape index (κ3) is 2.75. The number of hydrogen-bond acceptors (Lipinski definition) is 4. The van der Waals surface area contributed by atoms with Crippen molar-refractivity contribution in [1.29, 1.82) is 0 Å². The van der Waals surface area contributed by atoms with Crippen LogP contribution >= 0.6 is 0 Å². The fourth-order valence-corrected chi connectivity index (χ4v) is 3.03.